The number of aliphatic hydroxyl groups is 6. The molecule has 3 fully saturated rings. The number of rotatable bonds is 13. The number of hydrogen-bond donors (Lipinski definition) is 7. The second-order valence-corrected chi connectivity index (χ2v) is 19.2. The van der Waals surface area contributed by atoms with Crippen molar-refractivity contribution in [1.82, 2.24) is 4.90 Å². The van der Waals surface area contributed by atoms with E-state index in [0.29, 0.717) is 6.42 Å². The van der Waals surface area contributed by atoms with Crippen LogP contribution in [0.15, 0.2) is 23.8 Å². The summed E-state index contributed by atoms with van der Waals surface area (Å²) >= 11 is 0. The molecule has 65 heavy (non-hydrogen) atoms. The molecule has 1 amide bonds. The number of nitrogens with zero attached hydrogens (tertiary/aromatic N) is 1. The number of primary amides is 1. The van der Waals surface area contributed by atoms with Crippen LogP contribution in [0.25, 0.3) is 0 Å². The molecule has 0 aromatic rings. The Kier molecular flexibility index (Phi) is 20.8. The molecule has 0 radical (unpaired) electrons. The minimum atomic E-state index is -1.50. The molecule has 19 nitrogen and oxygen atoms in total. The molecule has 22 atom stereocenters. The summed E-state index contributed by atoms with van der Waals surface area (Å²) < 4.78 is 54.8. The zero-order valence-electron chi connectivity index (χ0n) is 40.3. The van der Waals surface area contributed by atoms with Crippen LogP contribution < -0.4 is 5.73 Å². The van der Waals surface area contributed by atoms with Crippen molar-refractivity contribution in [3.05, 3.63) is 23.8 Å². The molecule has 4 rings (SSSR count). The van der Waals surface area contributed by atoms with Gasteiger partial charge in [-0.25, -0.2) is 0 Å². The number of nitrogens with two attached hydrogens (primary N) is 1. The lowest BCUT2D eigenvalue weighted by atomic mass is 9.79. The number of carbonyl (C=O) groups is 2. The lowest BCUT2D eigenvalue weighted by molar-refractivity contribution is -0.342. The van der Waals surface area contributed by atoms with E-state index in [4.69, 9.17) is 48.4 Å². The second kappa shape index (κ2) is 24.4. The highest BCUT2D eigenvalue weighted by Crippen LogP contribution is 2.38. The van der Waals surface area contributed by atoms with Crippen molar-refractivity contribution in [3.8, 4) is 0 Å². The maximum Gasteiger partial charge on any atom is 0.308 e. The zero-order chi connectivity index (χ0) is 48.7. The summed E-state index contributed by atoms with van der Waals surface area (Å²) in [5.74, 6) is -3.99. The monoisotopic (exact) mass is 933 g/mol. The largest absolute Gasteiger partial charge is 0.462 e. The number of ether oxygens (including phenoxy) is 9. The van der Waals surface area contributed by atoms with Crippen molar-refractivity contribution in [3.63, 3.8) is 0 Å². The lowest BCUT2D eigenvalue weighted by Crippen LogP contribution is -2.65. The molecular weight excluding hydrogens is 853 g/mol. The Balaban J connectivity index is 1.64. The maximum absolute atomic E-state index is 13.8. The van der Waals surface area contributed by atoms with Gasteiger partial charge in [0.05, 0.1) is 61.3 Å². The molecule has 0 aromatic carbocycles. The SMILES string of the molecule is CC[C@H]1OC(=O)C[C@@H](O)[C@H](C)[C@@H](O[C@@H]2O[C@H](C)[C@@H](O[C@H]3C[C@@](C)(O)[C@@H](O)[C@H](C)O3)[C@H](N(C)C)[C@H]2O)[C@@H](CC(N)=O)C[C@@H](C)C(O)/C=C/C(C)=C/[C@@H]1CO[C@@H]1O[C@H](C)[C@@H](O)[C@@H](OC)[C@H]1OC. The van der Waals surface area contributed by atoms with Crippen LogP contribution in [0.3, 0.4) is 0 Å². The van der Waals surface area contributed by atoms with E-state index in [1.165, 1.54) is 21.1 Å². The quantitative estimate of drug-likeness (QED) is 0.127. The standard InChI is InChI=1S/C46H80N2O17/c1-13-32-29(21-59-45-42(58-12)41(57-11)37(53)25(5)61-45)16-22(2)14-15-30(49)23(3)17-28(18-33(47)51)39(24(4)31(50)19-34(52)63-32)65-44-38(54)36(48(9)10)40(26(6)62-44)64-35-20-46(8,56)43(55)27(7)60-35/h14-16,23-32,35-45,49-50,53-56H,13,17-21H2,1-12H3,(H2,47,51)/b15-14+,22-16+/t23-,24+,25-,26-,27+,28-,29-,30?,31-,32-,35+,36-,37-,38-,39-,40-,41-,42-,43+,44+,45-,46-/m1/s1. The van der Waals surface area contributed by atoms with Gasteiger partial charge in [-0.1, -0.05) is 44.6 Å². The number of cyclic esters (lactones) is 1. The molecule has 0 saturated carbocycles. The first-order valence-corrected chi connectivity index (χ1v) is 23.0. The van der Waals surface area contributed by atoms with Crippen LogP contribution in [0.5, 0.6) is 0 Å². The van der Waals surface area contributed by atoms with Gasteiger partial charge in [0, 0.05) is 38.9 Å². The molecule has 4 aliphatic heterocycles. The molecule has 0 aromatic heterocycles. The van der Waals surface area contributed by atoms with E-state index in [-0.39, 0.29) is 25.9 Å². The van der Waals surface area contributed by atoms with Gasteiger partial charge in [-0.15, -0.1) is 0 Å². The van der Waals surface area contributed by atoms with Gasteiger partial charge in [-0.05, 0) is 73.4 Å². The van der Waals surface area contributed by atoms with E-state index in [2.05, 4.69) is 0 Å². The highest BCUT2D eigenvalue weighted by Gasteiger charge is 2.52. The summed E-state index contributed by atoms with van der Waals surface area (Å²) in [6.45, 7) is 13.7. The van der Waals surface area contributed by atoms with E-state index < -0.39 is 152 Å². The number of methoxy groups -OCH3 is 2. The number of allylic oxidation sites excluding steroid dienone is 2. The van der Waals surface area contributed by atoms with Crippen LogP contribution in [0.1, 0.15) is 87.5 Å². The first-order valence-electron chi connectivity index (χ1n) is 23.0. The fourth-order valence-corrected chi connectivity index (χ4v) is 9.72. The fraction of sp³-hybridized carbons (Fsp3) is 0.870. The smallest absolute Gasteiger partial charge is 0.308 e. The number of likely N-dealkylation sites (N-methyl/N-ethyl adjacent to an activating group) is 1. The Labute approximate surface area is 384 Å². The molecule has 0 aliphatic carbocycles. The van der Waals surface area contributed by atoms with Crippen LogP contribution >= 0.6 is 0 Å². The summed E-state index contributed by atoms with van der Waals surface area (Å²) in [5.41, 5.74) is 5.06. The molecule has 376 valence electrons. The number of amides is 1. The Hall–Kier alpha value is -2.18. The van der Waals surface area contributed by atoms with Crippen molar-refractivity contribution in [2.24, 2.45) is 29.4 Å². The minimum Gasteiger partial charge on any atom is -0.462 e. The van der Waals surface area contributed by atoms with Gasteiger partial charge in [-0.2, -0.15) is 0 Å². The number of carbonyl (C=O) groups excluding carboxylic acids is 2. The average molecular weight is 933 g/mol. The second-order valence-electron chi connectivity index (χ2n) is 19.2. The van der Waals surface area contributed by atoms with E-state index in [0.717, 1.165) is 5.57 Å². The molecule has 4 aliphatic rings. The van der Waals surface area contributed by atoms with E-state index >= 15 is 0 Å². The maximum atomic E-state index is 13.8. The summed E-state index contributed by atoms with van der Waals surface area (Å²) in [4.78, 5) is 28.3. The average Bonchev–Trinajstić information content (AvgIpc) is 3.22. The highest BCUT2D eigenvalue weighted by atomic mass is 16.7. The topological polar surface area (TPSA) is 268 Å². The van der Waals surface area contributed by atoms with Crippen LogP contribution in [0, 0.1) is 23.7 Å². The van der Waals surface area contributed by atoms with Crippen LogP contribution in [0.2, 0.25) is 0 Å². The van der Waals surface area contributed by atoms with Gasteiger partial charge < -0.3 is 83.9 Å². The van der Waals surface area contributed by atoms with Crippen molar-refractivity contribution in [1.29, 1.82) is 0 Å². The molecule has 19 heteroatoms. The molecule has 3 saturated heterocycles. The predicted octanol–water partition coefficient (Wildman–Crippen LogP) is 0.912. The first kappa shape index (κ1) is 55.4. The van der Waals surface area contributed by atoms with E-state index in [1.807, 2.05) is 26.8 Å². The zero-order valence-corrected chi connectivity index (χ0v) is 40.3. The molecular formula is C46H80N2O17. The molecule has 1 unspecified atom stereocenters. The first-order chi connectivity index (χ1) is 30.4. The van der Waals surface area contributed by atoms with Crippen molar-refractivity contribution < 1.29 is 82.9 Å². The third-order valence-electron chi connectivity index (χ3n) is 13.6. The summed E-state index contributed by atoms with van der Waals surface area (Å²) in [6.07, 6.45) is -10.2. The Morgan fingerprint density at radius 2 is 1.54 bits per heavy atom. The molecule has 0 spiro atoms. The summed E-state index contributed by atoms with van der Waals surface area (Å²) in [5, 5.41) is 67.4. The molecule has 0 bridgehead atoms. The Morgan fingerprint density at radius 3 is 2.12 bits per heavy atom. The van der Waals surface area contributed by atoms with Crippen molar-refractivity contribution in [2.75, 3.05) is 34.9 Å². The Bertz CT molecular complexity index is 1570. The van der Waals surface area contributed by atoms with Gasteiger partial charge >= 0.3 is 5.97 Å². The summed E-state index contributed by atoms with van der Waals surface area (Å²) in [6, 6.07) is -0.762. The number of aliphatic hydroxyl groups excluding tert-OH is 5. The van der Waals surface area contributed by atoms with Gasteiger partial charge in [0.2, 0.25) is 5.91 Å². The lowest BCUT2D eigenvalue weighted by Gasteiger charge is -2.50. The fourth-order valence-electron chi connectivity index (χ4n) is 9.72. The molecule has 4 heterocycles. The highest BCUT2D eigenvalue weighted by molar-refractivity contribution is 5.74. The number of esters is 1. The van der Waals surface area contributed by atoms with Gasteiger partial charge in [0.1, 0.15) is 42.7 Å². The normalized spacial score (nSPS) is 46.5. The van der Waals surface area contributed by atoms with Gasteiger partial charge in [0.25, 0.3) is 0 Å². The van der Waals surface area contributed by atoms with Crippen molar-refractivity contribution in [2.45, 2.75) is 197 Å². The third-order valence-corrected chi connectivity index (χ3v) is 13.6. The number of hydrogen-bond acceptors (Lipinski definition) is 18. The molecule has 8 N–H and O–H groups in total. The summed E-state index contributed by atoms with van der Waals surface area (Å²) in [7, 11) is 6.43. The van der Waals surface area contributed by atoms with E-state index in [1.54, 1.807) is 58.8 Å². The van der Waals surface area contributed by atoms with Crippen LogP contribution in [-0.4, -0.2) is 192 Å². The van der Waals surface area contributed by atoms with E-state index in [9.17, 15) is 40.2 Å². The van der Waals surface area contributed by atoms with Crippen LogP contribution in [0.4, 0.5) is 0 Å². The van der Waals surface area contributed by atoms with Crippen LogP contribution in [-0.2, 0) is 52.2 Å². The Morgan fingerprint density at radius 1 is 0.892 bits per heavy atom. The minimum absolute atomic E-state index is 0.00207. The van der Waals surface area contributed by atoms with Gasteiger partial charge in [-0.3, -0.25) is 9.59 Å². The third kappa shape index (κ3) is 14.2. The predicted molar refractivity (Wildman–Crippen MR) is 234 cm³/mol. The van der Waals surface area contributed by atoms with Gasteiger partial charge in [0.15, 0.2) is 18.9 Å². The van der Waals surface area contributed by atoms with Crippen molar-refractivity contribution >= 4 is 11.9 Å².